The molecule has 0 heterocycles. The smallest absolute Gasteiger partial charge is 0.230 e. The number of hydrogen-bond acceptors (Lipinski definition) is 3. The third kappa shape index (κ3) is 5.06. The predicted molar refractivity (Wildman–Crippen MR) is 66.5 cm³/mol. The second-order valence-corrected chi connectivity index (χ2v) is 4.68. The van der Waals surface area contributed by atoms with Gasteiger partial charge in [-0.05, 0) is 12.8 Å². The molecule has 0 saturated heterocycles. The van der Waals surface area contributed by atoms with Gasteiger partial charge < -0.3 is 16.8 Å². The quantitative estimate of drug-likeness (QED) is 0.570. The number of carbonyl (C=O) groups is 2. The lowest BCUT2D eigenvalue weighted by molar-refractivity contribution is -0.125. The molecule has 92 valence electrons. The van der Waals surface area contributed by atoms with Gasteiger partial charge in [-0.3, -0.25) is 9.59 Å². The Morgan fingerprint density at radius 3 is 2.06 bits per heavy atom. The summed E-state index contributed by atoms with van der Waals surface area (Å²) in [5, 5.41) is 2.67. The van der Waals surface area contributed by atoms with E-state index >= 15 is 0 Å². The number of amides is 2. The van der Waals surface area contributed by atoms with Crippen LogP contribution in [0.2, 0.25) is 0 Å². The summed E-state index contributed by atoms with van der Waals surface area (Å²) >= 11 is 4.84. The van der Waals surface area contributed by atoms with Gasteiger partial charge in [-0.1, -0.05) is 26.1 Å². The lowest BCUT2D eigenvalue weighted by Gasteiger charge is -2.21. The fourth-order valence-corrected chi connectivity index (χ4v) is 1.83. The van der Waals surface area contributed by atoms with Gasteiger partial charge in [-0.2, -0.15) is 0 Å². The fourth-order valence-electron chi connectivity index (χ4n) is 1.45. The number of primary amides is 1. The van der Waals surface area contributed by atoms with Crippen molar-refractivity contribution in [2.24, 2.45) is 23.3 Å². The van der Waals surface area contributed by atoms with E-state index in [0.717, 1.165) is 0 Å². The van der Waals surface area contributed by atoms with E-state index in [4.69, 9.17) is 23.7 Å². The molecule has 0 fully saturated rings. The summed E-state index contributed by atoms with van der Waals surface area (Å²) < 4.78 is 0. The van der Waals surface area contributed by atoms with Crippen LogP contribution in [0.25, 0.3) is 0 Å². The minimum atomic E-state index is -0.509. The largest absolute Gasteiger partial charge is 0.393 e. The third-order valence-electron chi connectivity index (χ3n) is 2.15. The molecule has 5 N–H and O–H groups in total. The number of nitrogens with one attached hydrogen (secondary N) is 1. The maximum absolute atomic E-state index is 11.8. The van der Waals surface area contributed by atoms with Crippen LogP contribution in [0, 0.1) is 11.8 Å². The molecule has 2 unspecified atom stereocenters. The number of rotatable bonds is 6. The molecule has 0 aromatic heterocycles. The molecule has 0 bridgehead atoms. The summed E-state index contributed by atoms with van der Waals surface area (Å²) in [6.07, 6.45) is 0.105. The van der Waals surface area contributed by atoms with Gasteiger partial charge in [0, 0.05) is 12.5 Å². The molecule has 0 aromatic carbocycles. The van der Waals surface area contributed by atoms with E-state index in [2.05, 4.69) is 5.32 Å². The molecule has 0 rings (SSSR count). The zero-order valence-electron chi connectivity index (χ0n) is 9.82. The summed E-state index contributed by atoms with van der Waals surface area (Å²) in [6.45, 7) is 5.43. The van der Waals surface area contributed by atoms with Crippen LogP contribution in [0.5, 0.6) is 0 Å². The highest BCUT2D eigenvalue weighted by Crippen LogP contribution is 2.11. The van der Waals surface area contributed by atoms with Gasteiger partial charge in [0.2, 0.25) is 11.8 Å². The molecular formula is C10H19N3O2S. The molecule has 0 saturated carbocycles. The molecule has 0 radical (unpaired) electrons. The van der Waals surface area contributed by atoms with Gasteiger partial charge in [0.15, 0.2) is 0 Å². The Balaban J connectivity index is 4.42. The van der Waals surface area contributed by atoms with Crippen molar-refractivity contribution in [3.05, 3.63) is 0 Å². The highest BCUT2D eigenvalue weighted by molar-refractivity contribution is 7.80. The zero-order chi connectivity index (χ0) is 12.9. The third-order valence-corrected chi connectivity index (χ3v) is 2.41. The van der Waals surface area contributed by atoms with Gasteiger partial charge in [-0.25, -0.2) is 0 Å². The average molecular weight is 245 g/mol. The monoisotopic (exact) mass is 245 g/mol. The first kappa shape index (κ1) is 14.8. The minimum Gasteiger partial charge on any atom is -0.393 e. The Labute approximate surface area is 101 Å². The van der Waals surface area contributed by atoms with Gasteiger partial charge in [0.05, 0.1) is 10.9 Å². The van der Waals surface area contributed by atoms with E-state index in [1.165, 1.54) is 0 Å². The molecule has 0 aliphatic rings. The van der Waals surface area contributed by atoms with Crippen LogP contribution >= 0.6 is 12.2 Å². The van der Waals surface area contributed by atoms with E-state index in [1.54, 1.807) is 6.92 Å². The van der Waals surface area contributed by atoms with E-state index in [0.29, 0.717) is 0 Å². The molecule has 0 aromatic rings. The second kappa shape index (κ2) is 6.42. The molecule has 2 atom stereocenters. The normalized spacial score (nSPS) is 14.2. The average Bonchev–Trinajstić information content (AvgIpc) is 1.98. The lowest BCUT2D eigenvalue weighted by Crippen LogP contribution is -2.45. The maximum Gasteiger partial charge on any atom is 0.230 e. The van der Waals surface area contributed by atoms with Crippen LogP contribution in [0.15, 0.2) is 0 Å². The lowest BCUT2D eigenvalue weighted by atomic mass is 9.94. The van der Waals surface area contributed by atoms with Crippen molar-refractivity contribution in [3.8, 4) is 0 Å². The van der Waals surface area contributed by atoms with Crippen LogP contribution in [0.3, 0.4) is 0 Å². The number of thiocarbonyl (C=S) groups is 1. The Kier molecular flexibility index (Phi) is 5.95. The summed E-state index contributed by atoms with van der Waals surface area (Å²) in [7, 11) is 0. The minimum absolute atomic E-state index is 0.0262. The first-order valence-corrected chi connectivity index (χ1v) is 5.54. The Morgan fingerprint density at radius 1 is 1.25 bits per heavy atom. The number of carbonyl (C=O) groups excluding carboxylic acids is 2. The van der Waals surface area contributed by atoms with Crippen molar-refractivity contribution in [2.75, 3.05) is 0 Å². The second-order valence-electron chi connectivity index (χ2n) is 4.20. The highest BCUT2D eigenvalue weighted by atomic mass is 32.1. The summed E-state index contributed by atoms with van der Waals surface area (Å²) in [5.41, 5.74) is 10.5. The van der Waals surface area contributed by atoms with Crippen molar-refractivity contribution >= 4 is 29.0 Å². The standard InChI is InChI=1S/C10H19N3O2S/c1-5(2)8(9(12)16)10(15)13-6(3)4-7(11)14/h5-6,8H,4H2,1-3H3,(H2,11,14)(H2,12,16)(H,13,15). The molecule has 5 nitrogen and oxygen atoms in total. The molecule has 16 heavy (non-hydrogen) atoms. The number of hydrogen-bond donors (Lipinski definition) is 3. The number of nitrogens with two attached hydrogens (primary N) is 2. The van der Waals surface area contributed by atoms with Crippen molar-refractivity contribution in [1.82, 2.24) is 5.32 Å². The summed E-state index contributed by atoms with van der Waals surface area (Å²) in [5.74, 6) is -1.19. The van der Waals surface area contributed by atoms with E-state index in [1.807, 2.05) is 13.8 Å². The van der Waals surface area contributed by atoms with Gasteiger partial charge >= 0.3 is 0 Å². The Morgan fingerprint density at radius 2 is 1.75 bits per heavy atom. The summed E-state index contributed by atoms with van der Waals surface area (Å²) in [6, 6.07) is -0.305. The molecule has 0 aliphatic heterocycles. The zero-order valence-corrected chi connectivity index (χ0v) is 10.6. The van der Waals surface area contributed by atoms with E-state index in [9.17, 15) is 9.59 Å². The van der Waals surface area contributed by atoms with Crippen LogP contribution in [-0.2, 0) is 9.59 Å². The van der Waals surface area contributed by atoms with Crippen molar-refractivity contribution in [1.29, 1.82) is 0 Å². The topological polar surface area (TPSA) is 98.2 Å². The van der Waals surface area contributed by atoms with Crippen molar-refractivity contribution in [2.45, 2.75) is 33.2 Å². The van der Waals surface area contributed by atoms with Crippen LogP contribution in [0.1, 0.15) is 27.2 Å². The molecule has 0 aliphatic carbocycles. The summed E-state index contributed by atoms with van der Waals surface area (Å²) in [4.78, 5) is 22.6. The van der Waals surface area contributed by atoms with Crippen molar-refractivity contribution in [3.63, 3.8) is 0 Å². The molecule has 0 spiro atoms. The first-order chi connectivity index (χ1) is 7.25. The van der Waals surface area contributed by atoms with Crippen molar-refractivity contribution < 1.29 is 9.59 Å². The Hall–Kier alpha value is -1.17. The molecular weight excluding hydrogens is 226 g/mol. The van der Waals surface area contributed by atoms with Crippen LogP contribution in [0.4, 0.5) is 0 Å². The molecule has 6 heteroatoms. The SMILES string of the molecule is CC(CC(N)=O)NC(=O)C(C(N)=S)C(C)C. The van der Waals surface area contributed by atoms with E-state index in [-0.39, 0.29) is 29.3 Å². The first-order valence-electron chi connectivity index (χ1n) is 5.13. The predicted octanol–water partition coefficient (Wildman–Crippen LogP) is -0.0752. The molecule has 2 amide bonds. The van der Waals surface area contributed by atoms with Gasteiger partial charge in [0.1, 0.15) is 0 Å². The maximum atomic E-state index is 11.8. The van der Waals surface area contributed by atoms with E-state index < -0.39 is 11.8 Å². The van der Waals surface area contributed by atoms with Crippen LogP contribution < -0.4 is 16.8 Å². The highest BCUT2D eigenvalue weighted by Gasteiger charge is 2.26. The van der Waals surface area contributed by atoms with Gasteiger partial charge in [0.25, 0.3) is 0 Å². The Bertz CT molecular complexity index is 292. The fraction of sp³-hybridized carbons (Fsp3) is 0.700. The van der Waals surface area contributed by atoms with Gasteiger partial charge in [-0.15, -0.1) is 0 Å². The van der Waals surface area contributed by atoms with Crippen LogP contribution in [-0.4, -0.2) is 22.8 Å².